The van der Waals surface area contributed by atoms with Crippen LogP contribution < -0.4 is 10.2 Å². The van der Waals surface area contributed by atoms with E-state index in [4.69, 9.17) is 4.98 Å². The zero-order chi connectivity index (χ0) is 13.1. The quantitative estimate of drug-likeness (QED) is 0.889. The minimum Gasteiger partial charge on any atom is -0.370 e. The smallest absolute Gasteiger partial charge is 0.137 e. The Labute approximate surface area is 110 Å². The normalized spacial score (nSPS) is 19.3. The van der Waals surface area contributed by atoms with Crippen LogP contribution in [0, 0.1) is 6.92 Å². The van der Waals surface area contributed by atoms with E-state index in [1.165, 1.54) is 18.4 Å². The molecule has 0 amide bonds. The Morgan fingerprint density at radius 2 is 2.11 bits per heavy atom. The van der Waals surface area contributed by atoms with Crippen molar-refractivity contribution in [1.29, 1.82) is 0 Å². The van der Waals surface area contributed by atoms with Crippen LogP contribution in [0.3, 0.4) is 0 Å². The van der Waals surface area contributed by atoms with Crippen LogP contribution in [0.1, 0.15) is 45.0 Å². The fourth-order valence-corrected chi connectivity index (χ4v) is 2.58. The van der Waals surface area contributed by atoms with E-state index in [2.05, 4.69) is 42.9 Å². The predicted molar refractivity (Wildman–Crippen MR) is 76.4 cm³/mol. The summed E-state index contributed by atoms with van der Waals surface area (Å²) < 4.78 is 0. The Morgan fingerprint density at radius 1 is 1.33 bits per heavy atom. The Bertz CT molecular complexity index is 417. The van der Waals surface area contributed by atoms with Crippen LogP contribution in [0.25, 0.3) is 0 Å². The average molecular weight is 248 g/mol. The molecule has 0 radical (unpaired) electrons. The molecule has 18 heavy (non-hydrogen) atoms. The van der Waals surface area contributed by atoms with Crippen LogP contribution in [-0.2, 0) is 6.42 Å². The summed E-state index contributed by atoms with van der Waals surface area (Å²) in [7, 11) is 0. The lowest BCUT2D eigenvalue weighted by molar-refractivity contribution is 0.719. The third-order valence-corrected chi connectivity index (χ3v) is 3.65. The summed E-state index contributed by atoms with van der Waals surface area (Å²) in [5.74, 6) is 3.06. The molecular weight excluding hydrogens is 224 g/mol. The molecule has 1 aromatic rings. The first-order valence-corrected chi connectivity index (χ1v) is 7.05. The molecule has 0 aromatic carbocycles. The summed E-state index contributed by atoms with van der Waals surface area (Å²) in [4.78, 5) is 11.8. The molecule has 1 atom stereocenters. The van der Waals surface area contributed by atoms with E-state index in [9.17, 15) is 0 Å². The van der Waals surface area contributed by atoms with Crippen molar-refractivity contribution < 1.29 is 0 Å². The molecule has 4 nitrogen and oxygen atoms in total. The summed E-state index contributed by atoms with van der Waals surface area (Å²) in [6, 6.07) is 0.595. The fourth-order valence-electron chi connectivity index (χ4n) is 2.58. The minimum atomic E-state index is 0.595. The van der Waals surface area contributed by atoms with E-state index in [1.807, 2.05) is 0 Å². The van der Waals surface area contributed by atoms with Crippen molar-refractivity contribution in [1.82, 2.24) is 9.97 Å². The lowest BCUT2D eigenvalue weighted by Crippen LogP contribution is -2.29. The second-order valence-corrected chi connectivity index (χ2v) is 5.01. The Morgan fingerprint density at radius 3 is 2.67 bits per heavy atom. The summed E-state index contributed by atoms with van der Waals surface area (Å²) in [5.41, 5.74) is 1.18. The summed E-state index contributed by atoms with van der Waals surface area (Å²) in [6.45, 7) is 10.6. The number of aryl methyl sites for hydroxylation is 1. The highest BCUT2D eigenvalue weighted by molar-refractivity contribution is 5.59. The largest absolute Gasteiger partial charge is 0.370 e. The van der Waals surface area contributed by atoms with E-state index >= 15 is 0 Å². The second kappa shape index (κ2) is 5.55. The van der Waals surface area contributed by atoms with E-state index in [-0.39, 0.29) is 0 Å². The molecule has 4 heteroatoms. The zero-order valence-corrected chi connectivity index (χ0v) is 12.0. The van der Waals surface area contributed by atoms with Crippen molar-refractivity contribution in [3.05, 3.63) is 11.4 Å². The molecule has 1 aromatic heterocycles. The summed E-state index contributed by atoms with van der Waals surface area (Å²) in [6.07, 6.45) is 3.41. The lowest BCUT2D eigenvalue weighted by atomic mass is 10.2. The van der Waals surface area contributed by atoms with Gasteiger partial charge in [-0.25, -0.2) is 9.97 Å². The molecule has 0 saturated carbocycles. The molecule has 1 saturated heterocycles. The van der Waals surface area contributed by atoms with Gasteiger partial charge >= 0.3 is 0 Å². The van der Waals surface area contributed by atoms with Gasteiger partial charge in [-0.2, -0.15) is 0 Å². The minimum absolute atomic E-state index is 0.595. The summed E-state index contributed by atoms with van der Waals surface area (Å²) in [5, 5.41) is 3.35. The highest BCUT2D eigenvalue weighted by Crippen LogP contribution is 2.29. The summed E-state index contributed by atoms with van der Waals surface area (Å²) >= 11 is 0. The fraction of sp³-hybridized carbons (Fsp3) is 0.714. The van der Waals surface area contributed by atoms with Crippen LogP contribution >= 0.6 is 0 Å². The van der Waals surface area contributed by atoms with Gasteiger partial charge in [0.25, 0.3) is 0 Å². The highest BCUT2D eigenvalue weighted by Gasteiger charge is 2.24. The molecule has 2 heterocycles. The number of aromatic nitrogens is 2. The van der Waals surface area contributed by atoms with Gasteiger partial charge in [0.1, 0.15) is 17.5 Å². The molecule has 100 valence electrons. The van der Waals surface area contributed by atoms with Gasteiger partial charge in [0.2, 0.25) is 0 Å². The molecule has 1 aliphatic heterocycles. The first-order chi connectivity index (χ1) is 8.67. The zero-order valence-electron chi connectivity index (χ0n) is 12.0. The van der Waals surface area contributed by atoms with Crippen molar-refractivity contribution in [3.8, 4) is 0 Å². The Balaban J connectivity index is 2.41. The maximum atomic E-state index is 4.74. The number of nitrogens with one attached hydrogen (secondary N) is 1. The lowest BCUT2D eigenvalue weighted by Gasteiger charge is -2.25. The van der Waals surface area contributed by atoms with Crippen molar-refractivity contribution in [2.45, 2.75) is 53.0 Å². The molecule has 0 aliphatic carbocycles. The van der Waals surface area contributed by atoms with Gasteiger partial charge in [-0.3, -0.25) is 0 Å². The maximum Gasteiger partial charge on any atom is 0.137 e. The molecule has 1 aliphatic rings. The molecule has 2 rings (SSSR count). The SMILES string of the molecule is CCNc1nc(CC)nc(N2CCCC2C)c1C. The standard InChI is InChI=1S/C14H24N4/c1-5-12-16-13(15-6-2)11(4)14(17-12)18-9-7-8-10(18)3/h10H,5-9H2,1-4H3,(H,15,16,17). The Kier molecular flexibility index (Phi) is 4.04. The predicted octanol–water partition coefficient (Wildman–Crippen LogP) is 2.77. The second-order valence-electron chi connectivity index (χ2n) is 5.01. The average Bonchev–Trinajstić information content (AvgIpc) is 2.78. The van der Waals surface area contributed by atoms with Crippen molar-refractivity contribution in [3.63, 3.8) is 0 Å². The van der Waals surface area contributed by atoms with Crippen molar-refractivity contribution in [2.24, 2.45) is 0 Å². The van der Waals surface area contributed by atoms with Gasteiger partial charge in [0.15, 0.2) is 0 Å². The van der Waals surface area contributed by atoms with Gasteiger partial charge in [0, 0.05) is 31.1 Å². The monoisotopic (exact) mass is 248 g/mol. The van der Waals surface area contributed by atoms with Gasteiger partial charge in [-0.15, -0.1) is 0 Å². The first-order valence-electron chi connectivity index (χ1n) is 7.05. The van der Waals surface area contributed by atoms with Gasteiger partial charge in [0.05, 0.1) is 0 Å². The van der Waals surface area contributed by atoms with E-state index in [1.54, 1.807) is 0 Å². The van der Waals surface area contributed by atoms with E-state index in [0.717, 1.165) is 37.0 Å². The van der Waals surface area contributed by atoms with Crippen LogP contribution in [0.15, 0.2) is 0 Å². The van der Waals surface area contributed by atoms with Crippen LogP contribution in [0.4, 0.5) is 11.6 Å². The molecule has 0 spiro atoms. The number of rotatable bonds is 4. The first kappa shape index (κ1) is 13.1. The number of anilines is 2. The van der Waals surface area contributed by atoms with Gasteiger partial charge in [-0.05, 0) is 33.6 Å². The number of hydrogen-bond donors (Lipinski definition) is 1. The number of nitrogens with zero attached hydrogens (tertiary/aromatic N) is 3. The molecule has 1 unspecified atom stereocenters. The molecule has 1 N–H and O–H groups in total. The molecule has 0 bridgehead atoms. The van der Waals surface area contributed by atoms with E-state index < -0.39 is 0 Å². The molecule has 1 fully saturated rings. The van der Waals surface area contributed by atoms with Crippen molar-refractivity contribution >= 4 is 11.6 Å². The maximum absolute atomic E-state index is 4.74. The van der Waals surface area contributed by atoms with Crippen LogP contribution in [0.2, 0.25) is 0 Å². The van der Waals surface area contributed by atoms with Gasteiger partial charge in [-0.1, -0.05) is 6.92 Å². The third kappa shape index (κ3) is 2.42. The van der Waals surface area contributed by atoms with Crippen LogP contribution in [0.5, 0.6) is 0 Å². The molecular formula is C14H24N4. The third-order valence-electron chi connectivity index (χ3n) is 3.65. The van der Waals surface area contributed by atoms with Crippen molar-refractivity contribution in [2.75, 3.05) is 23.3 Å². The van der Waals surface area contributed by atoms with Gasteiger partial charge < -0.3 is 10.2 Å². The topological polar surface area (TPSA) is 41.1 Å². The van der Waals surface area contributed by atoms with E-state index in [0.29, 0.717) is 6.04 Å². The Hall–Kier alpha value is -1.32. The highest BCUT2D eigenvalue weighted by atomic mass is 15.2. The number of hydrogen-bond acceptors (Lipinski definition) is 4. The van der Waals surface area contributed by atoms with Crippen LogP contribution in [-0.4, -0.2) is 29.1 Å².